The molecule has 0 radical (unpaired) electrons. The average molecular weight is 228 g/mol. The molecule has 0 aromatic heterocycles. The fourth-order valence-electron chi connectivity index (χ4n) is 1.37. The van der Waals surface area contributed by atoms with Crippen molar-refractivity contribution in [3.05, 3.63) is 29.3 Å². The Hall–Kier alpha value is -0.710. The molecule has 15 heavy (non-hydrogen) atoms. The Morgan fingerprint density at radius 2 is 2.07 bits per heavy atom. The van der Waals surface area contributed by atoms with E-state index < -0.39 is 12.2 Å². The maximum atomic E-state index is 9.84. The van der Waals surface area contributed by atoms with Gasteiger partial charge in [-0.25, -0.2) is 0 Å². The molecule has 2 atom stereocenters. The number of aliphatic hydroxyl groups is 2. The summed E-state index contributed by atoms with van der Waals surface area (Å²) >= 11 is 3.95. The van der Waals surface area contributed by atoms with Crippen molar-refractivity contribution in [2.45, 2.75) is 19.1 Å². The van der Waals surface area contributed by atoms with Crippen LogP contribution >= 0.6 is 12.6 Å². The minimum absolute atomic E-state index is 0.220. The molecule has 0 aliphatic heterocycles. The number of methoxy groups -OCH3 is 1. The van der Waals surface area contributed by atoms with E-state index in [2.05, 4.69) is 12.6 Å². The van der Waals surface area contributed by atoms with Crippen molar-refractivity contribution in [2.24, 2.45) is 0 Å². The van der Waals surface area contributed by atoms with Crippen molar-refractivity contribution < 1.29 is 14.9 Å². The molecule has 0 aliphatic carbocycles. The molecule has 0 aliphatic rings. The normalized spacial score (nSPS) is 14.7. The highest BCUT2D eigenvalue weighted by Crippen LogP contribution is 2.25. The second-order valence-electron chi connectivity index (χ2n) is 3.42. The number of hydrogen-bond acceptors (Lipinski definition) is 4. The lowest BCUT2D eigenvalue weighted by molar-refractivity contribution is 0.0332. The van der Waals surface area contributed by atoms with Crippen molar-refractivity contribution in [1.29, 1.82) is 0 Å². The molecule has 0 fully saturated rings. The number of benzene rings is 1. The van der Waals surface area contributed by atoms with E-state index in [1.807, 2.05) is 19.1 Å². The lowest BCUT2D eigenvalue weighted by Crippen LogP contribution is -2.20. The summed E-state index contributed by atoms with van der Waals surface area (Å²) in [6, 6.07) is 5.40. The maximum absolute atomic E-state index is 9.84. The predicted molar refractivity (Wildman–Crippen MR) is 62.6 cm³/mol. The van der Waals surface area contributed by atoms with E-state index in [4.69, 9.17) is 4.74 Å². The first-order valence-corrected chi connectivity index (χ1v) is 5.35. The van der Waals surface area contributed by atoms with Crippen LogP contribution < -0.4 is 4.74 Å². The van der Waals surface area contributed by atoms with Crippen LogP contribution in [0.5, 0.6) is 5.75 Å². The molecule has 0 spiro atoms. The van der Waals surface area contributed by atoms with Gasteiger partial charge < -0.3 is 14.9 Å². The summed E-state index contributed by atoms with van der Waals surface area (Å²) in [6.07, 6.45) is -1.78. The molecule has 0 amide bonds. The molecular formula is C11H16O3S. The second-order valence-corrected chi connectivity index (χ2v) is 3.78. The molecule has 2 unspecified atom stereocenters. The summed E-state index contributed by atoms with van der Waals surface area (Å²) in [4.78, 5) is 0. The molecular weight excluding hydrogens is 212 g/mol. The first-order chi connectivity index (χ1) is 7.10. The van der Waals surface area contributed by atoms with Crippen molar-refractivity contribution in [3.63, 3.8) is 0 Å². The van der Waals surface area contributed by atoms with Crippen LogP contribution in [-0.4, -0.2) is 29.2 Å². The van der Waals surface area contributed by atoms with Gasteiger partial charge in [-0.1, -0.05) is 6.07 Å². The van der Waals surface area contributed by atoms with Crippen LogP contribution in [0.3, 0.4) is 0 Å². The molecule has 1 rings (SSSR count). The molecule has 1 aromatic rings. The first-order valence-electron chi connectivity index (χ1n) is 4.71. The fraction of sp³-hybridized carbons (Fsp3) is 0.455. The Kier molecular flexibility index (Phi) is 4.45. The summed E-state index contributed by atoms with van der Waals surface area (Å²) in [5, 5.41) is 19.3. The smallest absolute Gasteiger partial charge is 0.119 e. The molecule has 4 heteroatoms. The van der Waals surface area contributed by atoms with E-state index in [1.165, 1.54) is 0 Å². The van der Waals surface area contributed by atoms with Crippen LogP contribution in [0.2, 0.25) is 0 Å². The third kappa shape index (κ3) is 2.87. The van der Waals surface area contributed by atoms with Crippen LogP contribution in [0.4, 0.5) is 0 Å². The van der Waals surface area contributed by atoms with E-state index in [1.54, 1.807) is 13.2 Å². The number of thiol groups is 1. The van der Waals surface area contributed by atoms with Crippen molar-refractivity contribution in [2.75, 3.05) is 12.9 Å². The van der Waals surface area contributed by atoms with E-state index in [0.29, 0.717) is 11.3 Å². The minimum atomic E-state index is -0.919. The van der Waals surface area contributed by atoms with Crippen molar-refractivity contribution >= 4 is 12.6 Å². The number of rotatable bonds is 4. The maximum Gasteiger partial charge on any atom is 0.119 e. The van der Waals surface area contributed by atoms with Gasteiger partial charge in [0.05, 0.1) is 13.2 Å². The van der Waals surface area contributed by atoms with E-state index in [9.17, 15) is 10.2 Å². The highest BCUT2D eigenvalue weighted by molar-refractivity contribution is 7.80. The molecule has 0 saturated carbocycles. The zero-order valence-corrected chi connectivity index (χ0v) is 9.74. The minimum Gasteiger partial charge on any atom is -0.497 e. The number of aryl methyl sites for hydroxylation is 1. The number of ether oxygens (including phenoxy) is 1. The third-order valence-corrected chi connectivity index (χ3v) is 2.73. The first kappa shape index (κ1) is 12.4. The SMILES string of the molecule is COc1ccc(C)c(C(O)C(O)CS)c1. The fourth-order valence-corrected chi connectivity index (χ4v) is 1.57. The predicted octanol–water partition coefficient (Wildman–Crippen LogP) is 1.33. The Morgan fingerprint density at radius 1 is 1.40 bits per heavy atom. The van der Waals surface area contributed by atoms with Gasteiger partial charge in [-0.2, -0.15) is 12.6 Å². The monoisotopic (exact) mass is 228 g/mol. The largest absolute Gasteiger partial charge is 0.497 e. The highest BCUT2D eigenvalue weighted by atomic mass is 32.1. The second kappa shape index (κ2) is 5.39. The summed E-state index contributed by atoms with van der Waals surface area (Å²) in [7, 11) is 1.57. The van der Waals surface area contributed by atoms with Crippen LogP contribution in [0.1, 0.15) is 17.2 Å². The van der Waals surface area contributed by atoms with Crippen LogP contribution in [0.25, 0.3) is 0 Å². The lowest BCUT2D eigenvalue weighted by Gasteiger charge is -2.18. The summed E-state index contributed by atoms with van der Waals surface area (Å²) in [5.41, 5.74) is 1.60. The van der Waals surface area contributed by atoms with E-state index >= 15 is 0 Å². The van der Waals surface area contributed by atoms with Gasteiger partial charge in [0, 0.05) is 5.75 Å². The highest BCUT2D eigenvalue weighted by Gasteiger charge is 2.19. The molecule has 0 heterocycles. The van der Waals surface area contributed by atoms with E-state index in [-0.39, 0.29) is 5.75 Å². The van der Waals surface area contributed by atoms with Crippen LogP contribution in [-0.2, 0) is 0 Å². The van der Waals surface area contributed by atoms with Crippen LogP contribution in [0.15, 0.2) is 18.2 Å². The van der Waals surface area contributed by atoms with Crippen molar-refractivity contribution in [3.8, 4) is 5.75 Å². The zero-order chi connectivity index (χ0) is 11.4. The van der Waals surface area contributed by atoms with Gasteiger partial charge in [-0.05, 0) is 30.2 Å². The average Bonchev–Trinajstić information content (AvgIpc) is 2.27. The molecule has 2 N–H and O–H groups in total. The molecule has 84 valence electrons. The summed E-state index contributed by atoms with van der Waals surface area (Å²) < 4.78 is 5.06. The Balaban J connectivity index is 3.01. The lowest BCUT2D eigenvalue weighted by atomic mass is 10.00. The van der Waals surface area contributed by atoms with Gasteiger partial charge in [-0.15, -0.1) is 0 Å². The number of hydrogen-bond donors (Lipinski definition) is 3. The van der Waals surface area contributed by atoms with Gasteiger partial charge >= 0.3 is 0 Å². The third-order valence-electron chi connectivity index (χ3n) is 2.36. The van der Waals surface area contributed by atoms with E-state index in [0.717, 1.165) is 5.56 Å². The van der Waals surface area contributed by atoms with Gasteiger partial charge in [0.15, 0.2) is 0 Å². The van der Waals surface area contributed by atoms with Gasteiger partial charge in [0.2, 0.25) is 0 Å². The summed E-state index contributed by atoms with van der Waals surface area (Å²) in [5.74, 6) is 0.888. The quantitative estimate of drug-likeness (QED) is 0.681. The topological polar surface area (TPSA) is 49.7 Å². The number of aliphatic hydroxyl groups excluding tert-OH is 2. The molecule has 3 nitrogen and oxygen atoms in total. The van der Waals surface area contributed by atoms with Crippen molar-refractivity contribution in [1.82, 2.24) is 0 Å². The Bertz CT molecular complexity index is 328. The van der Waals surface area contributed by atoms with Crippen LogP contribution in [0, 0.1) is 6.92 Å². The summed E-state index contributed by atoms with van der Waals surface area (Å²) in [6.45, 7) is 1.88. The van der Waals surface area contributed by atoms with Gasteiger partial charge in [0.1, 0.15) is 11.9 Å². The Morgan fingerprint density at radius 3 is 2.60 bits per heavy atom. The van der Waals surface area contributed by atoms with Gasteiger partial charge in [0.25, 0.3) is 0 Å². The Labute approximate surface area is 95.1 Å². The molecule has 1 aromatic carbocycles. The standard InChI is InChI=1S/C11H16O3S/c1-7-3-4-8(14-2)5-9(7)11(13)10(12)6-15/h3-5,10-13,15H,6H2,1-2H3. The molecule has 0 saturated heterocycles. The molecule has 0 bridgehead atoms. The zero-order valence-electron chi connectivity index (χ0n) is 8.84. The van der Waals surface area contributed by atoms with Gasteiger partial charge in [-0.3, -0.25) is 0 Å².